The van der Waals surface area contributed by atoms with Crippen LogP contribution in [0.25, 0.3) is 6.08 Å². The van der Waals surface area contributed by atoms with E-state index in [2.05, 4.69) is 37.2 Å². The van der Waals surface area contributed by atoms with Crippen LogP contribution in [0.5, 0.6) is 5.75 Å². The number of rotatable bonds is 5. The Morgan fingerprint density at radius 1 is 1.09 bits per heavy atom. The van der Waals surface area contributed by atoms with Gasteiger partial charge in [0.25, 0.3) is 11.8 Å². The molecule has 4 amide bonds. The second-order valence-electron chi connectivity index (χ2n) is 7.62. The molecule has 0 atom stereocenters. The molecule has 1 aliphatic rings. The summed E-state index contributed by atoms with van der Waals surface area (Å²) in [4.78, 5) is 39.3. The number of anilines is 1. The molecule has 0 saturated carbocycles. The molecule has 4 rings (SSSR count). The molecule has 178 valence electrons. The van der Waals surface area contributed by atoms with E-state index in [-0.39, 0.29) is 17.9 Å². The minimum Gasteiger partial charge on any atom is -0.487 e. The zero-order chi connectivity index (χ0) is 25.3. The Labute approximate surface area is 222 Å². The Kier molecular flexibility index (Phi) is 7.39. The summed E-state index contributed by atoms with van der Waals surface area (Å²) >= 11 is 13.0. The van der Waals surface area contributed by atoms with Crippen LogP contribution in [-0.4, -0.2) is 17.8 Å². The molecule has 1 fully saturated rings. The molecule has 1 saturated heterocycles. The summed E-state index contributed by atoms with van der Waals surface area (Å²) in [5, 5.41) is 2.56. The molecule has 0 radical (unpaired) electrons. The van der Waals surface area contributed by atoms with Gasteiger partial charge in [0, 0.05) is 15.1 Å². The van der Waals surface area contributed by atoms with E-state index in [1.807, 2.05) is 0 Å². The lowest BCUT2D eigenvalue weighted by molar-refractivity contribution is -0.122. The number of ether oxygens (including phenoxy) is 1. The summed E-state index contributed by atoms with van der Waals surface area (Å²) in [6.07, 6.45) is 1.34. The Morgan fingerprint density at radius 2 is 1.86 bits per heavy atom. The minimum absolute atomic E-state index is 0.0424. The fraction of sp³-hybridized carbons (Fsp3) is 0.0800. The number of hydrogen-bond acceptors (Lipinski definition) is 4. The van der Waals surface area contributed by atoms with E-state index in [4.69, 9.17) is 16.3 Å². The molecule has 0 spiro atoms. The van der Waals surface area contributed by atoms with Crippen molar-refractivity contribution in [3.05, 3.63) is 96.6 Å². The van der Waals surface area contributed by atoms with Gasteiger partial charge in [0.15, 0.2) is 0 Å². The molecule has 1 heterocycles. The quantitative estimate of drug-likeness (QED) is 0.259. The highest BCUT2D eigenvalue weighted by Crippen LogP contribution is 2.36. The molecule has 0 bridgehead atoms. The number of carbonyl (C=O) groups is 3. The Balaban J connectivity index is 1.72. The molecule has 35 heavy (non-hydrogen) atoms. The number of hydrogen-bond donors (Lipinski definition) is 1. The van der Waals surface area contributed by atoms with Gasteiger partial charge in [-0.3, -0.25) is 14.9 Å². The van der Waals surface area contributed by atoms with Gasteiger partial charge in [-0.15, -0.1) is 0 Å². The van der Waals surface area contributed by atoms with Crippen LogP contribution in [0.1, 0.15) is 16.7 Å². The van der Waals surface area contributed by atoms with Gasteiger partial charge in [-0.25, -0.2) is 14.1 Å². The third-order valence-corrected chi connectivity index (χ3v) is 6.58. The maximum Gasteiger partial charge on any atom is 0.335 e. The topological polar surface area (TPSA) is 75.7 Å². The fourth-order valence-electron chi connectivity index (χ4n) is 3.39. The summed E-state index contributed by atoms with van der Waals surface area (Å²) in [5.74, 6) is -1.73. The lowest BCUT2D eigenvalue weighted by Gasteiger charge is -2.26. The van der Waals surface area contributed by atoms with Crippen molar-refractivity contribution in [2.75, 3.05) is 4.90 Å². The second kappa shape index (κ2) is 10.3. The maximum absolute atomic E-state index is 13.6. The number of aryl methyl sites for hydroxylation is 1. The molecular formula is C25H16Br2ClFN2O4. The SMILES string of the molecule is Cc1ccc(N2C(=O)NC(=O)/C(=C\c3cc(Br)cc(Br)c3OCc3cccc(F)c3)C2=O)cc1Cl. The molecule has 0 aromatic heterocycles. The Morgan fingerprint density at radius 3 is 2.57 bits per heavy atom. The highest BCUT2D eigenvalue weighted by molar-refractivity contribution is 9.11. The largest absolute Gasteiger partial charge is 0.487 e. The first kappa shape index (κ1) is 25.1. The maximum atomic E-state index is 13.6. The summed E-state index contributed by atoms with van der Waals surface area (Å²) in [6.45, 7) is 1.83. The zero-order valence-corrected chi connectivity index (χ0v) is 22.0. The molecule has 10 heteroatoms. The van der Waals surface area contributed by atoms with Crippen molar-refractivity contribution in [2.24, 2.45) is 0 Å². The molecule has 3 aromatic carbocycles. The first-order valence-corrected chi connectivity index (χ1v) is 12.1. The number of nitrogens with zero attached hydrogens (tertiary/aromatic N) is 1. The molecule has 1 N–H and O–H groups in total. The monoisotopic (exact) mass is 620 g/mol. The van der Waals surface area contributed by atoms with Crippen LogP contribution in [0.3, 0.4) is 0 Å². The van der Waals surface area contributed by atoms with Gasteiger partial charge in [-0.05, 0) is 76.5 Å². The number of amides is 4. The van der Waals surface area contributed by atoms with E-state index in [1.165, 1.54) is 24.3 Å². The number of benzene rings is 3. The molecule has 0 unspecified atom stereocenters. The van der Waals surface area contributed by atoms with E-state index >= 15 is 0 Å². The Hall–Kier alpha value is -3.01. The van der Waals surface area contributed by atoms with Gasteiger partial charge in [-0.1, -0.05) is 45.7 Å². The van der Waals surface area contributed by atoms with Crippen LogP contribution < -0.4 is 15.0 Å². The van der Waals surface area contributed by atoms with Gasteiger partial charge in [0.2, 0.25) is 0 Å². The molecule has 1 aliphatic heterocycles. The first-order valence-electron chi connectivity index (χ1n) is 10.2. The van der Waals surface area contributed by atoms with E-state index in [9.17, 15) is 18.8 Å². The van der Waals surface area contributed by atoms with Crippen LogP contribution in [0.15, 0.2) is 69.1 Å². The summed E-state index contributed by atoms with van der Waals surface area (Å²) < 4.78 is 20.7. The molecule has 3 aromatic rings. The molecular weight excluding hydrogens is 607 g/mol. The lowest BCUT2D eigenvalue weighted by atomic mass is 10.1. The third-order valence-electron chi connectivity index (χ3n) is 5.12. The number of barbiturate groups is 1. The average Bonchev–Trinajstić information content (AvgIpc) is 2.78. The van der Waals surface area contributed by atoms with Gasteiger partial charge in [0.05, 0.1) is 10.2 Å². The molecule has 6 nitrogen and oxygen atoms in total. The predicted molar refractivity (Wildman–Crippen MR) is 138 cm³/mol. The van der Waals surface area contributed by atoms with Crippen molar-refractivity contribution in [3.63, 3.8) is 0 Å². The van der Waals surface area contributed by atoms with E-state index in [1.54, 1.807) is 43.3 Å². The normalized spacial score (nSPS) is 14.9. The van der Waals surface area contributed by atoms with E-state index in [0.29, 0.717) is 30.8 Å². The average molecular weight is 623 g/mol. The number of halogens is 4. The number of nitrogens with one attached hydrogen (secondary N) is 1. The van der Waals surface area contributed by atoms with E-state index in [0.717, 1.165) is 10.5 Å². The van der Waals surface area contributed by atoms with Crippen LogP contribution in [0, 0.1) is 12.7 Å². The second-order valence-corrected chi connectivity index (χ2v) is 9.79. The van der Waals surface area contributed by atoms with Crippen LogP contribution in [0.2, 0.25) is 5.02 Å². The summed E-state index contributed by atoms with van der Waals surface area (Å²) in [7, 11) is 0. The van der Waals surface area contributed by atoms with Crippen molar-refractivity contribution in [3.8, 4) is 5.75 Å². The summed E-state index contributed by atoms with van der Waals surface area (Å²) in [5.41, 5.74) is 1.70. The van der Waals surface area contributed by atoms with E-state index < -0.39 is 23.7 Å². The number of carbonyl (C=O) groups excluding carboxylic acids is 3. The van der Waals surface area contributed by atoms with Crippen molar-refractivity contribution < 1.29 is 23.5 Å². The van der Waals surface area contributed by atoms with Crippen molar-refractivity contribution in [1.82, 2.24) is 5.32 Å². The number of imide groups is 2. The van der Waals surface area contributed by atoms with Gasteiger partial charge < -0.3 is 4.74 Å². The minimum atomic E-state index is -0.880. The van der Waals surface area contributed by atoms with Crippen LogP contribution in [-0.2, 0) is 16.2 Å². The van der Waals surface area contributed by atoms with Crippen molar-refractivity contribution in [2.45, 2.75) is 13.5 Å². The predicted octanol–water partition coefficient (Wildman–Crippen LogP) is 6.56. The van der Waals surface area contributed by atoms with Crippen LogP contribution >= 0.6 is 43.5 Å². The third kappa shape index (κ3) is 5.47. The Bertz CT molecular complexity index is 1410. The lowest BCUT2D eigenvalue weighted by Crippen LogP contribution is -2.54. The zero-order valence-electron chi connectivity index (χ0n) is 18.1. The summed E-state index contributed by atoms with van der Waals surface area (Å²) in [6, 6.07) is 13.2. The highest BCUT2D eigenvalue weighted by Gasteiger charge is 2.37. The first-order chi connectivity index (χ1) is 16.6. The van der Waals surface area contributed by atoms with Gasteiger partial charge in [0.1, 0.15) is 23.7 Å². The fourth-order valence-corrected chi connectivity index (χ4v) is 4.94. The van der Waals surface area contributed by atoms with Gasteiger partial charge in [-0.2, -0.15) is 0 Å². The molecule has 0 aliphatic carbocycles. The number of urea groups is 1. The van der Waals surface area contributed by atoms with Crippen molar-refractivity contribution in [1.29, 1.82) is 0 Å². The standard InChI is InChI=1S/C25H16Br2ClFN2O4/c1-13-5-6-18(11-21(13)28)31-24(33)19(23(32)30-25(31)34)9-15-8-16(26)10-20(27)22(15)35-12-14-3-2-4-17(29)7-14/h2-11H,12H2,1H3,(H,30,32,34)/b19-9+. The highest BCUT2D eigenvalue weighted by atomic mass is 79.9. The smallest absolute Gasteiger partial charge is 0.335 e. The van der Waals surface area contributed by atoms with Gasteiger partial charge >= 0.3 is 6.03 Å². The van der Waals surface area contributed by atoms with Crippen LogP contribution in [0.4, 0.5) is 14.9 Å². The van der Waals surface area contributed by atoms with Crippen molar-refractivity contribution >= 4 is 73.1 Å².